The second kappa shape index (κ2) is 8.08. The van der Waals surface area contributed by atoms with E-state index in [0.29, 0.717) is 11.8 Å². The minimum absolute atomic E-state index is 0.248. The molecule has 116 valence electrons. The van der Waals surface area contributed by atoms with Crippen molar-refractivity contribution in [3.05, 3.63) is 22.7 Å². The van der Waals surface area contributed by atoms with Crippen LogP contribution in [0.15, 0.2) is 27.6 Å². The Morgan fingerprint density at radius 3 is 2.71 bits per heavy atom. The Kier molecular flexibility index (Phi) is 6.42. The fraction of sp³-hybridized carbons (Fsp3) is 0.562. The number of halogens is 1. The van der Waals surface area contributed by atoms with E-state index < -0.39 is 0 Å². The van der Waals surface area contributed by atoms with E-state index in [4.69, 9.17) is 5.73 Å². The molecule has 1 aromatic carbocycles. The van der Waals surface area contributed by atoms with Crippen LogP contribution in [0.2, 0.25) is 0 Å². The summed E-state index contributed by atoms with van der Waals surface area (Å²) < 4.78 is 0.959. The highest BCUT2D eigenvalue weighted by molar-refractivity contribution is 9.10. The second-order valence-electron chi connectivity index (χ2n) is 5.45. The highest BCUT2D eigenvalue weighted by Gasteiger charge is 2.24. The Bertz CT molecular complexity index is 489. The van der Waals surface area contributed by atoms with Crippen LogP contribution in [0, 0.1) is 0 Å². The first-order chi connectivity index (χ1) is 10.1. The average Bonchev–Trinajstić information content (AvgIpc) is 2.48. The molecule has 1 saturated carbocycles. The van der Waals surface area contributed by atoms with Crippen molar-refractivity contribution in [2.75, 3.05) is 18.0 Å². The lowest BCUT2D eigenvalue weighted by Crippen LogP contribution is -2.42. The predicted octanol–water partition coefficient (Wildman–Crippen LogP) is 4.30. The number of amides is 1. The third-order valence-electron chi connectivity index (χ3n) is 3.98. The summed E-state index contributed by atoms with van der Waals surface area (Å²) in [6.07, 6.45) is 6.15. The highest BCUT2D eigenvalue weighted by atomic mass is 79.9. The van der Waals surface area contributed by atoms with E-state index in [1.807, 2.05) is 18.2 Å². The van der Waals surface area contributed by atoms with Gasteiger partial charge in [0.25, 0.3) is 0 Å². The standard InChI is InChI=1S/C16H23BrN2OS/c1-2-19(13-6-4-3-5-7-13)16(20)11-21-15-9-8-12(18)10-14(15)17/h8-10,13H,2-7,11,18H2,1H3. The van der Waals surface area contributed by atoms with Crippen molar-refractivity contribution in [2.45, 2.75) is 50.0 Å². The molecule has 5 heteroatoms. The highest BCUT2D eigenvalue weighted by Crippen LogP contribution is 2.30. The number of anilines is 1. The Morgan fingerprint density at radius 1 is 1.38 bits per heavy atom. The smallest absolute Gasteiger partial charge is 0.233 e. The molecule has 0 saturated heterocycles. The molecule has 2 N–H and O–H groups in total. The molecule has 0 aliphatic heterocycles. The summed E-state index contributed by atoms with van der Waals surface area (Å²) in [6.45, 7) is 2.89. The summed E-state index contributed by atoms with van der Waals surface area (Å²) in [7, 11) is 0. The van der Waals surface area contributed by atoms with Gasteiger partial charge in [-0.15, -0.1) is 11.8 Å². The third-order valence-corrected chi connectivity index (χ3v) is 5.96. The molecule has 1 aromatic rings. The summed E-state index contributed by atoms with van der Waals surface area (Å²) in [6, 6.07) is 6.17. The van der Waals surface area contributed by atoms with Gasteiger partial charge in [0.05, 0.1) is 5.75 Å². The van der Waals surface area contributed by atoms with Gasteiger partial charge in [0.2, 0.25) is 5.91 Å². The van der Waals surface area contributed by atoms with Crippen LogP contribution in [0.3, 0.4) is 0 Å². The van der Waals surface area contributed by atoms with Crippen molar-refractivity contribution in [3.63, 3.8) is 0 Å². The van der Waals surface area contributed by atoms with Gasteiger partial charge in [-0.3, -0.25) is 4.79 Å². The number of carbonyl (C=O) groups is 1. The van der Waals surface area contributed by atoms with E-state index in [1.54, 1.807) is 11.8 Å². The quantitative estimate of drug-likeness (QED) is 0.620. The maximum Gasteiger partial charge on any atom is 0.233 e. The minimum atomic E-state index is 0.248. The van der Waals surface area contributed by atoms with Crippen LogP contribution in [0.4, 0.5) is 5.69 Å². The Balaban J connectivity index is 1.92. The zero-order valence-corrected chi connectivity index (χ0v) is 14.9. The number of hydrogen-bond acceptors (Lipinski definition) is 3. The molecule has 0 spiro atoms. The van der Waals surface area contributed by atoms with Crippen LogP contribution < -0.4 is 5.73 Å². The van der Waals surface area contributed by atoms with Gasteiger partial charge in [0.1, 0.15) is 0 Å². The number of benzene rings is 1. The van der Waals surface area contributed by atoms with Crippen LogP contribution in [-0.4, -0.2) is 29.1 Å². The number of hydrogen-bond donors (Lipinski definition) is 1. The lowest BCUT2D eigenvalue weighted by Gasteiger charge is -2.33. The molecule has 2 rings (SSSR count). The normalized spacial score (nSPS) is 15.9. The number of nitrogen functional groups attached to an aromatic ring is 1. The van der Waals surface area contributed by atoms with Crippen LogP contribution in [-0.2, 0) is 4.79 Å². The van der Waals surface area contributed by atoms with Crippen molar-refractivity contribution in [3.8, 4) is 0 Å². The molecule has 1 fully saturated rings. The molecule has 3 nitrogen and oxygen atoms in total. The minimum Gasteiger partial charge on any atom is -0.399 e. The van der Waals surface area contributed by atoms with Gasteiger partial charge in [0.15, 0.2) is 0 Å². The molecule has 1 amide bonds. The van der Waals surface area contributed by atoms with Crippen molar-refractivity contribution in [2.24, 2.45) is 0 Å². The number of carbonyl (C=O) groups excluding carboxylic acids is 1. The monoisotopic (exact) mass is 370 g/mol. The summed E-state index contributed by atoms with van der Waals surface area (Å²) in [5, 5.41) is 0. The zero-order chi connectivity index (χ0) is 15.2. The maximum absolute atomic E-state index is 12.5. The lowest BCUT2D eigenvalue weighted by atomic mass is 9.94. The molecule has 1 aliphatic rings. The second-order valence-corrected chi connectivity index (χ2v) is 7.32. The van der Waals surface area contributed by atoms with E-state index in [1.165, 1.54) is 19.3 Å². The molecule has 0 unspecified atom stereocenters. The zero-order valence-electron chi connectivity index (χ0n) is 12.5. The first-order valence-corrected chi connectivity index (χ1v) is 9.37. The first-order valence-electron chi connectivity index (χ1n) is 7.59. The van der Waals surface area contributed by atoms with Gasteiger partial charge < -0.3 is 10.6 Å². The molecule has 0 aromatic heterocycles. The van der Waals surface area contributed by atoms with Crippen LogP contribution in [0.1, 0.15) is 39.0 Å². The molecule has 0 bridgehead atoms. The topological polar surface area (TPSA) is 46.3 Å². The van der Waals surface area contributed by atoms with E-state index in [2.05, 4.69) is 27.8 Å². The van der Waals surface area contributed by atoms with Gasteiger partial charge in [-0.1, -0.05) is 19.3 Å². The summed E-state index contributed by atoms with van der Waals surface area (Å²) in [5.74, 6) is 0.741. The molecular formula is C16H23BrN2OS. The molecule has 21 heavy (non-hydrogen) atoms. The van der Waals surface area contributed by atoms with Gasteiger partial charge in [-0.25, -0.2) is 0 Å². The van der Waals surface area contributed by atoms with E-state index >= 15 is 0 Å². The number of thioether (sulfide) groups is 1. The summed E-state index contributed by atoms with van der Waals surface area (Å²) in [5.41, 5.74) is 6.47. The first kappa shape index (κ1) is 16.7. The largest absolute Gasteiger partial charge is 0.399 e. The Hall–Kier alpha value is -0.680. The predicted molar refractivity (Wildman–Crippen MR) is 93.5 cm³/mol. The average molecular weight is 371 g/mol. The van der Waals surface area contributed by atoms with Crippen LogP contribution >= 0.6 is 27.7 Å². The summed E-state index contributed by atoms with van der Waals surface area (Å²) in [4.78, 5) is 15.6. The van der Waals surface area contributed by atoms with Crippen molar-refractivity contribution >= 4 is 39.3 Å². The Morgan fingerprint density at radius 2 is 2.10 bits per heavy atom. The van der Waals surface area contributed by atoms with Gasteiger partial charge in [-0.05, 0) is 53.9 Å². The molecular weight excluding hydrogens is 348 g/mol. The molecule has 0 atom stereocenters. The van der Waals surface area contributed by atoms with E-state index in [9.17, 15) is 4.79 Å². The van der Waals surface area contributed by atoms with Crippen LogP contribution in [0.5, 0.6) is 0 Å². The molecule has 1 aliphatic carbocycles. The van der Waals surface area contributed by atoms with Gasteiger partial charge >= 0.3 is 0 Å². The van der Waals surface area contributed by atoms with E-state index in [-0.39, 0.29) is 5.91 Å². The summed E-state index contributed by atoms with van der Waals surface area (Å²) >= 11 is 5.08. The SMILES string of the molecule is CCN(C(=O)CSc1ccc(N)cc1Br)C1CCCCC1. The molecule has 0 radical (unpaired) electrons. The van der Waals surface area contributed by atoms with Gasteiger partial charge in [0, 0.05) is 27.6 Å². The fourth-order valence-corrected chi connectivity index (χ4v) is 4.43. The third kappa shape index (κ3) is 4.65. The number of rotatable bonds is 5. The maximum atomic E-state index is 12.5. The number of nitrogens with zero attached hydrogens (tertiary/aromatic N) is 1. The van der Waals surface area contributed by atoms with Crippen molar-refractivity contribution in [1.29, 1.82) is 0 Å². The van der Waals surface area contributed by atoms with Crippen molar-refractivity contribution in [1.82, 2.24) is 4.90 Å². The Labute approximate surface area is 139 Å². The lowest BCUT2D eigenvalue weighted by molar-refractivity contribution is -0.131. The van der Waals surface area contributed by atoms with Gasteiger partial charge in [-0.2, -0.15) is 0 Å². The van der Waals surface area contributed by atoms with Crippen molar-refractivity contribution < 1.29 is 4.79 Å². The molecule has 0 heterocycles. The number of nitrogens with two attached hydrogens (primary N) is 1. The fourth-order valence-electron chi connectivity index (χ4n) is 2.89. The van der Waals surface area contributed by atoms with Crippen LogP contribution in [0.25, 0.3) is 0 Å². The van der Waals surface area contributed by atoms with E-state index in [0.717, 1.165) is 34.4 Å².